The smallest absolute Gasteiger partial charge is 0.0762 e. The van der Waals surface area contributed by atoms with E-state index in [2.05, 4.69) is 27.2 Å². The normalized spacial score (nSPS) is 16.4. The first-order valence-corrected chi connectivity index (χ1v) is 7.56. The zero-order chi connectivity index (χ0) is 13.6. The zero-order valence-corrected chi connectivity index (χ0v) is 11.8. The molecule has 3 rings (SSSR count). The van der Waals surface area contributed by atoms with Gasteiger partial charge >= 0.3 is 0 Å². The largest absolute Gasteiger partial charge is 0.305 e. The lowest BCUT2D eigenvalue weighted by Gasteiger charge is -2.21. The van der Waals surface area contributed by atoms with E-state index in [1.54, 1.807) is 0 Å². The van der Waals surface area contributed by atoms with Crippen LogP contribution in [0.1, 0.15) is 49.5 Å². The number of nitrogens with one attached hydrogen (secondary N) is 1. The second kappa shape index (κ2) is 6.66. The van der Waals surface area contributed by atoms with Gasteiger partial charge in [-0.05, 0) is 31.0 Å². The predicted molar refractivity (Wildman–Crippen MR) is 79.1 cm³/mol. The topological polar surface area (TPSA) is 42.7 Å². The van der Waals surface area contributed by atoms with Crippen LogP contribution in [0.3, 0.4) is 0 Å². The Bertz CT molecular complexity index is 514. The molecule has 2 aromatic heterocycles. The maximum absolute atomic E-state index is 4.70. The SMILES string of the molecule is c1ccc(CNCc2ccn(C3CCCCC3)n2)nc1. The molecule has 1 N–H and O–H groups in total. The number of rotatable bonds is 5. The van der Waals surface area contributed by atoms with E-state index in [9.17, 15) is 0 Å². The van der Waals surface area contributed by atoms with Crippen molar-refractivity contribution < 1.29 is 0 Å². The molecular weight excluding hydrogens is 248 g/mol. The number of aromatic nitrogens is 3. The summed E-state index contributed by atoms with van der Waals surface area (Å²) in [7, 11) is 0. The highest BCUT2D eigenvalue weighted by Gasteiger charge is 2.15. The second-order valence-electron chi connectivity index (χ2n) is 5.50. The van der Waals surface area contributed by atoms with Crippen LogP contribution in [0.15, 0.2) is 36.7 Å². The van der Waals surface area contributed by atoms with Crippen LogP contribution in [0.4, 0.5) is 0 Å². The van der Waals surface area contributed by atoms with Crippen molar-refractivity contribution in [1.29, 1.82) is 0 Å². The van der Waals surface area contributed by atoms with E-state index in [4.69, 9.17) is 5.10 Å². The summed E-state index contributed by atoms with van der Waals surface area (Å²) >= 11 is 0. The van der Waals surface area contributed by atoms with Crippen molar-refractivity contribution in [1.82, 2.24) is 20.1 Å². The fourth-order valence-corrected chi connectivity index (χ4v) is 2.84. The van der Waals surface area contributed by atoms with Gasteiger partial charge in [-0.25, -0.2) is 0 Å². The lowest BCUT2D eigenvalue weighted by Crippen LogP contribution is -2.16. The summed E-state index contributed by atoms with van der Waals surface area (Å²) in [6, 6.07) is 8.73. The van der Waals surface area contributed by atoms with Crippen molar-refractivity contribution in [2.75, 3.05) is 0 Å². The van der Waals surface area contributed by atoms with Gasteiger partial charge < -0.3 is 5.32 Å². The molecule has 0 atom stereocenters. The first-order chi connectivity index (χ1) is 9.92. The first-order valence-electron chi connectivity index (χ1n) is 7.56. The molecule has 20 heavy (non-hydrogen) atoms. The summed E-state index contributed by atoms with van der Waals surface area (Å²) < 4.78 is 2.16. The zero-order valence-electron chi connectivity index (χ0n) is 11.8. The minimum absolute atomic E-state index is 0.619. The Labute approximate surface area is 120 Å². The molecule has 0 radical (unpaired) electrons. The number of hydrogen-bond acceptors (Lipinski definition) is 3. The van der Waals surface area contributed by atoms with Crippen LogP contribution < -0.4 is 5.32 Å². The quantitative estimate of drug-likeness (QED) is 0.908. The van der Waals surface area contributed by atoms with Gasteiger partial charge in [0.15, 0.2) is 0 Å². The molecule has 2 heterocycles. The molecule has 1 saturated carbocycles. The lowest BCUT2D eigenvalue weighted by molar-refractivity contribution is 0.327. The third-order valence-corrected chi connectivity index (χ3v) is 3.95. The molecule has 1 aliphatic rings. The lowest BCUT2D eigenvalue weighted by atomic mass is 9.96. The predicted octanol–water partition coefficient (Wildman–Crippen LogP) is 3.07. The molecular formula is C16H22N4. The van der Waals surface area contributed by atoms with Gasteiger partial charge in [0.25, 0.3) is 0 Å². The molecule has 0 unspecified atom stereocenters. The fraction of sp³-hybridized carbons (Fsp3) is 0.500. The summed E-state index contributed by atoms with van der Waals surface area (Å²) in [6.45, 7) is 1.59. The third kappa shape index (κ3) is 3.45. The molecule has 1 aliphatic carbocycles. The first kappa shape index (κ1) is 13.3. The van der Waals surface area contributed by atoms with Gasteiger partial charge in [0.05, 0.1) is 17.4 Å². The molecule has 2 aromatic rings. The van der Waals surface area contributed by atoms with E-state index in [0.29, 0.717) is 6.04 Å². The van der Waals surface area contributed by atoms with Gasteiger partial charge in [0, 0.05) is 25.5 Å². The Kier molecular flexibility index (Phi) is 4.43. The molecule has 1 fully saturated rings. The summed E-state index contributed by atoms with van der Waals surface area (Å²) in [5, 5.41) is 8.09. The van der Waals surface area contributed by atoms with E-state index in [0.717, 1.165) is 24.5 Å². The van der Waals surface area contributed by atoms with Crippen molar-refractivity contribution in [3.63, 3.8) is 0 Å². The highest BCUT2D eigenvalue weighted by atomic mass is 15.3. The van der Waals surface area contributed by atoms with Crippen molar-refractivity contribution in [3.05, 3.63) is 48.0 Å². The molecule has 0 bridgehead atoms. The van der Waals surface area contributed by atoms with Gasteiger partial charge in [0.1, 0.15) is 0 Å². The molecule has 4 heteroatoms. The van der Waals surface area contributed by atoms with Gasteiger partial charge in [0.2, 0.25) is 0 Å². The number of pyridine rings is 1. The average molecular weight is 270 g/mol. The number of hydrogen-bond donors (Lipinski definition) is 1. The number of nitrogens with zero attached hydrogens (tertiary/aromatic N) is 3. The van der Waals surface area contributed by atoms with Crippen LogP contribution in [0, 0.1) is 0 Å². The van der Waals surface area contributed by atoms with Crippen molar-refractivity contribution in [2.24, 2.45) is 0 Å². The Morgan fingerprint density at radius 1 is 1.05 bits per heavy atom. The van der Waals surface area contributed by atoms with Crippen molar-refractivity contribution >= 4 is 0 Å². The van der Waals surface area contributed by atoms with Crippen LogP contribution in [0.5, 0.6) is 0 Å². The Balaban J connectivity index is 1.50. The molecule has 0 aliphatic heterocycles. The fourth-order valence-electron chi connectivity index (χ4n) is 2.84. The van der Waals surface area contributed by atoms with E-state index < -0.39 is 0 Å². The van der Waals surface area contributed by atoms with Gasteiger partial charge in [-0.2, -0.15) is 5.10 Å². The Morgan fingerprint density at radius 3 is 2.70 bits per heavy atom. The molecule has 0 spiro atoms. The molecule has 0 aromatic carbocycles. The Morgan fingerprint density at radius 2 is 1.90 bits per heavy atom. The molecule has 106 valence electrons. The van der Waals surface area contributed by atoms with Crippen LogP contribution in [0.25, 0.3) is 0 Å². The van der Waals surface area contributed by atoms with Crippen LogP contribution in [-0.4, -0.2) is 14.8 Å². The third-order valence-electron chi connectivity index (χ3n) is 3.95. The van der Waals surface area contributed by atoms with E-state index >= 15 is 0 Å². The van der Waals surface area contributed by atoms with Crippen molar-refractivity contribution in [2.45, 2.75) is 51.2 Å². The van der Waals surface area contributed by atoms with Crippen LogP contribution in [0.2, 0.25) is 0 Å². The second-order valence-corrected chi connectivity index (χ2v) is 5.50. The molecule has 0 amide bonds. The summed E-state index contributed by atoms with van der Waals surface area (Å²) in [4.78, 5) is 4.30. The highest BCUT2D eigenvalue weighted by Crippen LogP contribution is 2.27. The minimum Gasteiger partial charge on any atom is -0.305 e. The standard InChI is InChI=1S/C16H22N4/c1-2-7-16(8-3-1)20-11-9-15(19-20)13-17-12-14-6-4-5-10-18-14/h4-6,9-11,16-17H,1-3,7-8,12-13H2. The van der Waals surface area contributed by atoms with Crippen molar-refractivity contribution in [3.8, 4) is 0 Å². The summed E-state index contributed by atoms with van der Waals surface area (Å²) in [5.74, 6) is 0. The highest BCUT2D eigenvalue weighted by molar-refractivity contribution is 5.04. The van der Waals surface area contributed by atoms with Gasteiger partial charge in [-0.1, -0.05) is 25.3 Å². The molecule has 0 saturated heterocycles. The van der Waals surface area contributed by atoms with Gasteiger partial charge in [-0.15, -0.1) is 0 Å². The maximum atomic E-state index is 4.70. The van der Waals surface area contributed by atoms with E-state index in [1.165, 1.54) is 32.1 Å². The Hall–Kier alpha value is -1.68. The van der Waals surface area contributed by atoms with Crippen LogP contribution in [-0.2, 0) is 13.1 Å². The summed E-state index contributed by atoms with van der Waals surface area (Å²) in [5.41, 5.74) is 2.19. The van der Waals surface area contributed by atoms with Crippen LogP contribution >= 0.6 is 0 Å². The minimum atomic E-state index is 0.619. The van der Waals surface area contributed by atoms with Gasteiger partial charge in [-0.3, -0.25) is 9.67 Å². The monoisotopic (exact) mass is 270 g/mol. The average Bonchev–Trinajstić information content (AvgIpc) is 2.98. The molecule has 4 nitrogen and oxygen atoms in total. The van der Waals surface area contributed by atoms with E-state index in [-0.39, 0.29) is 0 Å². The summed E-state index contributed by atoms with van der Waals surface area (Å²) in [6.07, 6.45) is 10.6. The van der Waals surface area contributed by atoms with E-state index in [1.807, 2.05) is 24.4 Å². The maximum Gasteiger partial charge on any atom is 0.0762 e.